The average molecular weight is 451 g/mol. The van der Waals surface area contributed by atoms with Crippen LogP contribution in [0.2, 0.25) is 5.02 Å². The molecule has 3 aromatic rings. The molecule has 2 aliphatic carbocycles. The number of nitriles is 1. The van der Waals surface area contributed by atoms with E-state index in [9.17, 15) is 10.4 Å². The number of rotatable bonds is 8. The van der Waals surface area contributed by atoms with Crippen LogP contribution in [0, 0.1) is 17.2 Å². The van der Waals surface area contributed by atoms with Gasteiger partial charge in [0, 0.05) is 24.0 Å². The molecule has 32 heavy (non-hydrogen) atoms. The largest absolute Gasteiger partial charge is 0.372 e. The normalized spacial score (nSPS) is 18.8. The van der Waals surface area contributed by atoms with E-state index in [0.29, 0.717) is 40.6 Å². The third-order valence-corrected chi connectivity index (χ3v) is 6.41. The summed E-state index contributed by atoms with van der Waals surface area (Å²) in [5, 5.41) is 25.8. The molecule has 0 amide bonds. The molecule has 3 aromatic heterocycles. The molecule has 164 valence electrons. The van der Waals surface area contributed by atoms with Gasteiger partial charge < -0.3 is 5.11 Å². The number of hydrogen-bond acceptors (Lipinski definition) is 8. The average Bonchev–Trinajstić information content (AvgIpc) is 3.74. The van der Waals surface area contributed by atoms with Gasteiger partial charge in [0.05, 0.1) is 28.9 Å². The molecule has 2 saturated carbocycles. The van der Waals surface area contributed by atoms with Gasteiger partial charge in [-0.1, -0.05) is 11.6 Å². The first kappa shape index (κ1) is 20.9. The van der Waals surface area contributed by atoms with Crippen molar-refractivity contribution in [3.05, 3.63) is 59.2 Å². The molecule has 1 N–H and O–H groups in total. The van der Waals surface area contributed by atoms with Gasteiger partial charge in [0.15, 0.2) is 12.1 Å². The van der Waals surface area contributed by atoms with Gasteiger partial charge in [-0.25, -0.2) is 15.0 Å². The highest BCUT2D eigenvalue weighted by atomic mass is 35.5. The molecule has 2 fully saturated rings. The zero-order valence-corrected chi connectivity index (χ0v) is 18.4. The summed E-state index contributed by atoms with van der Waals surface area (Å²) in [6.07, 6.45) is 7.50. The van der Waals surface area contributed by atoms with Crippen LogP contribution >= 0.6 is 11.6 Å². The third-order valence-electron chi connectivity index (χ3n) is 6.20. The Labute approximate surface area is 190 Å². The number of halogens is 1. The van der Waals surface area contributed by atoms with E-state index in [1.807, 2.05) is 11.8 Å². The SMILES string of the molecule is CC(c1ncnn1-c1ncccn1)N(CC1CC1)C(O)c1cc(Cl)cc(C2(C#N)CC2)n1. The maximum Gasteiger partial charge on any atom is 0.252 e. The van der Waals surface area contributed by atoms with Crippen molar-refractivity contribution in [2.75, 3.05) is 6.54 Å². The van der Waals surface area contributed by atoms with Crippen LogP contribution in [0.4, 0.5) is 0 Å². The number of nitrogens with zero attached hydrogens (tertiary/aromatic N) is 8. The van der Waals surface area contributed by atoms with Crippen molar-refractivity contribution in [1.29, 1.82) is 5.26 Å². The van der Waals surface area contributed by atoms with Gasteiger partial charge in [-0.15, -0.1) is 0 Å². The highest BCUT2D eigenvalue weighted by Gasteiger charge is 2.47. The number of aliphatic hydroxyl groups excluding tert-OH is 1. The lowest BCUT2D eigenvalue weighted by Gasteiger charge is -2.33. The molecule has 2 atom stereocenters. The lowest BCUT2D eigenvalue weighted by molar-refractivity contribution is -0.0330. The van der Waals surface area contributed by atoms with Crippen LogP contribution in [0.1, 0.15) is 62.1 Å². The fourth-order valence-electron chi connectivity index (χ4n) is 3.92. The van der Waals surface area contributed by atoms with Gasteiger partial charge in [-0.05, 0) is 56.7 Å². The van der Waals surface area contributed by atoms with E-state index in [4.69, 9.17) is 11.6 Å². The highest BCUT2D eigenvalue weighted by molar-refractivity contribution is 6.30. The Hall–Kier alpha value is -2.93. The Kier molecular flexibility index (Phi) is 5.37. The van der Waals surface area contributed by atoms with Crippen LogP contribution in [-0.4, -0.2) is 46.3 Å². The lowest BCUT2D eigenvalue weighted by atomic mass is 10.0. The molecule has 0 radical (unpaired) electrons. The summed E-state index contributed by atoms with van der Waals surface area (Å²) in [7, 11) is 0. The monoisotopic (exact) mass is 450 g/mol. The van der Waals surface area contributed by atoms with E-state index in [1.54, 1.807) is 35.3 Å². The zero-order chi connectivity index (χ0) is 22.3. The minimum Gasteiger partial charge on any atom is -0.372 e. The van der Waals surface area contributed by atoms with Gasteiger partial charge in [0.1, 0.15) is 6.33 Å². The van der Waals surface area contributed by atoms with Crippen molar-refractivity contribution in [2.45, 2.75) is 50.3 Å². The van der Waals surface area contributed by atoms with Crippen molar-refractivity contribution in [1.82, 2.24) is 34.6 Å². The Bertz CT molecular complexity index is 1150. The molecule has 9 nitrogen and oxygen atoms in total. The molecule has 2 unspecified atom stereocenters. The second-order valence-electron chi connectivity index (χ2n) is 8.56. The Morgan fingerprint density at radius 3 is 2.69 bits per heavy atom. The van der Waals surface area contributed by atoms with E-state index in [-0.39, 0.29) is 6.04 Å². The second kappa shape index (κ2) is 8.20. The predicted octanol–water partition coefficient (Wildman–Crippen LogP) is 3.12. The van der Waals surface area contributed by atoms with Gasteiger partial charge in [-0.3, -0.25) is 9.88 Å². The third kappa shape index (κ3) is 3.97. The minimum atomic E-state index is -1.01. The second-order valence-corrected chi connectivity index (χ2v) is 8.99. The summed E-state index contributed by atoms with van der Waals surface area (Å²) in [6.45, 7) is 2.65. The van der Waals surface area contributed by atoms with Gasteiger partial charge in [0.2, 0.25) is 0 Å². The lowest BCUT2D eigenvalue weighted by Crippen LogP contribution is -2.35. The Morgan fingerprint density at radius 2 is 2.03 bits per heavy atom. The van der Waals surface area contributed by atoms with Gasteiger partial charge in [0.25, 0.3) is 5.95 Å². The fraction of sp³-hybridized carbons (Fsp3) is 0.455. The summed E-state index contributed by atoms with van der Waals surface area (Å²) >= 11 is 6.37. The predicted molar refractivity (Wildman–Crippen MR) is 116 cm³/mol. The van der Waals surface area contributed by atoms with E-state index in [0.717, 1.165) is 25.7 Å². The van der Waals surface area contributed by atoms with Crippen LogP contribution in [0.25, 0.3) is 5.95 Å². The molecular formula is C22H23ClN8O. The molecule has 0 spiro atoms. The van der Waals surface area contributed by atoms with Crippen LogP contribution < -0.4 is 0 Å². The molecule has 0 bridgehead atoms. The summed E-state index contributed by atoms with van der Waals surface area (Å²) in [5.41, 5.74) is 0.474. The van der Waals surface area contributed by atoms with Crippen molar-refractivity contribution in [2.24, 2.45) is 5.92 Å². The quantitative estimate of drug-likeness (QED) is 0.520. The molecule has 0 aromatic carbocycles. The van der Waals surface area contributed by atoms with E-state index in [1.165, 1.54) is 6.33 Å². The Morgan fingerprint density at radius 1 is 1.28 bits per heavy atom. The topological polar surface area (TPSA) is 117 Å². The number of pyridine rings is 1. The molecule has 10 heteroatoms. The summed E-state index contributed by atoms with van der Waals surface area (Å²) in [5.74, 6) is 1.54. The fourth-order valence-corrected chi connectivity index (χ4v) is 4.14. The van der Waals surface area contributed by atoms with Crippen LogP contribution in [0.15, 0.2) is 36.9 Å². The maximum atomic E-state index is 11.4. The number of hydrogen-bond donors (Lipinski definition) is 1. The molecule has 5 rings (SSSR count). The maximum absolute atomic E-state index is 11.4. The van der Waals surface area contributed by atoms with E-state index >= 15 is 0 Å². The number of aliphatic hydroxyl groups is 1. The molecule has 0 aliphatic heterocycles. The molecule has 0 saturated heterocycles. The summed E-state index contributed by atoms with van der Waals surface area (Å²) in [4.78, 5) is 19.6. The zero-order valence-electron chi connectivity index (χ0n) is 17.6. The first-order valence-electron chi connectivity index (χ1n) is 10.7. The Balaban J connectivity index is 1.49. The van der Waals surface area contributed by atoms with E-state index < -0.39 is 11.6 Å². The molecule has 3 heterocycles. The van der Waals surface area contributed by atoms with E-state index in [2.05, 4.69) is 31.1 Å². The molecule has 2 aliphatic rings. The van der Waals surface area contributed by atoms with Gasteiger partial charge in [-0.2, -0.15) is 15.0 Å². The van der Waals surface area contributed by atoms with Crippen molar-refractivity contribution < 1.29 is 5.11 Å². The van der Waals surface area contributed by atoms with Crippen molar-refractivity contribution in [3.8, 4) is 12.0 Å². The van der Waals surface area contributed by atoms with Crippen LogP contribution in [-0.2, 0) is 5.41 Å². The first-order chi connectivity index (χ1) is 15.5. The highest BCUT2D eigenvalue weighted by Crippen LogP contribution is 2.47. The van der Waals surface area contributed by atoms with Crippen LogP contribution in [0.3, 0.4) is 0 Å². The first-order valence-corrected chi connectivity index (χ1v) is 11.1. The van der Waals surface area contributed by atoms with Gasteiger partial charge >= 0.3 is 0 Å². The van der Waals surface area contributed by atoms with Crippen molar-refractivity contribution >= 4 is 11.6 Å². The smallest absolute Gasteiger partial charge is 0.252 e. The molecular weight excluding hydrogens is 428 g/mol. The summed E-state index contributed by atoms with van der Waals surface area (Å²) in [6, 6.07) is 7.19. The standard InChI is InChI=1S/C22H23ClN8O/c1-14(19-27-13-28-31(19)21-25-7-2-8-26-21)30(11-15-3-4-15)20(32)17-9-16(23)10-18(29-17)22(12-24)5-6-22/h2,7-10,13-15,20,32H,3-6,11H2,1H3. The number of aromatic nitrogens is 6. The van der Waals surface area contributed by atoms with Crippen LogP contribution in [0.5, 0.6) is 0 Å². The minimum absolute atomic E-state index is 0.299. The van der Waals surface area contributed by atoms with Crippen molar-refractivity contribution in [3.63, 3.8) is 0 Å². The summed E-state index contributed by atoms with van der Waals surface area (Å²) < 4.78 is 1.59.